The summed E-state index contributed by atoms with van der Waals surface area (Å²) in [6.45, 7) is 3.68. The van der Waals surface area contributed by atoms with Gasteiger partial charge in [0.25, 0.3) is 5.92 Å². The van der Waals surface area contributed by atoms with Crippen LogP contribution in [0, 0.1) is 13.8 Å². The normalized spacial score (nSPS) is 17.0. The van der Waals surface area contributed by atoms with E-state index in [2.05, 4.69) is 25.1 Å². The fourth-order valence-electron chi connectivity index (χ4n) is 2.90. The van der Waals surface area contributed by atoms with E-state index in [1.54, 1.807) is 34.6 Å². The Bertz CT molecular complexity index is 964. The summed E-state index contributed by atoms with van der Waals surface area (Å²) in [5.74, 6) is -1.32. The second kappa shape index (κ2) is 5.82. The highest BCUT2D eigenvalue weighted by atomic mass is 19.3. The molecule has 3 aromatic rings. The van der Waals surface area contributed by atoms with E-state index in [-0.39, 0.29) is 19.5 Å². The lowest BCUT2D eigenvalue weighted by molar-refractivity contribution is 0.0256. The molecule has 0 aromatic carbocycles. The highest BCUT2D eigenvalue weighted by molar-refractivity contribution is 5.65. The first kappa shape index (κ1) is 16.6. The van der Waals surface area contributed by atoms with Crippen LogP contribution in [0.2, 0.25) is 0 Å². The molecular formula is C16H18F2N8. The van der Waals surface area contributed by atoms with Crippen LogP contribution in [0.3, 0.4) is 0 Å². The molecule has 0 unspecified atom stereocenters. The van der Waals surface area contributed by atoms with E-state index in [0.29, 0.717) is 23.2 Å². The van der Waals surface area contributed by atoms with Gasteiger partial charge in [0.15, 0.2) is 17.3 Å². The van der Waals surface area contributed by atoms with Crippen molar-refractivity contribution in [2.24, 2.45) is 7.05 Å². The minimum Gasteiger partial charge on any atom is -0.333 e. The zero-order valence-electron chi connectivity index (χ0n) is 14.7. The van der Waals surface area contributed by atoms with Crippen LogP contribution in [-0.4, -0.2) is 53.4 Å². The van der Waals surface area contributed by atoms with Gasteiger partial charge in [-0.2, -0.15) is 4.98 Å². The second-order valence-electron chi connectivity index (χ2n) is 6.44. The monoisotopic (exact) mass is 360 g/mol. The lowest BCUT2D eigenvalue weighted by Gasteiger charge is -2.12. The molecule has 136 valence electrons. The summed E-state index contributed by atoms with van der Waals surface area (Å²) < 4.78 is 30.0. The van der Waals surface area contributed by atoms with Gasteiger partial charge in [0, 0.05) is 26.2 Å². The van der Waals surface area contributed by atoms with Gasteiger partial charge in [-0.1, -0.05) is 0 Å². The topological polar surface area (TPSA) is 77.0 Å². The van der Waals surface area contributed by atoms with Gasteiger partial charge >= 0.3 is 0 Å². The first-order valence-corrected chi connectivity index (χ1v) is 8.23. The van der Waals surface area contributed by atoms with Crippen LogP contribution in [-0.2, 0) is 7.05 Å². The Morgan fingerprint density at radius 1 is 1.15 bits per heavy atom. The quantitative estimate of drug-likeness (QED) is 0.710. The molecule has 3 aromatic heterocycles. The molecule has 1 aliphatic rings. The minimum atomic E-state index is -2.68. The number of anilines is 1. The second-order valence-corrected chi connectivity index (χ2v) is 6.44. The van der Waals surface area contributed by atoms with Crippen LogP contribution in [0.25, 0.3) is 17.8 Å². The molecule has 0 saturated carbocycles. The van der Waals surface area contributed by atoms with Gasteiger partial charge in [0.2, 0.25) is 5.95 Å². The van der Waals surface area contributed by atoms with Gasteiger partial charge < -0.3 is 4.90 Å². The van der Waals surface area contributed by atoms with Crippen LogP contribution in [0.4, 0.5) is 14.7 Å². The summed E-state index contributed by atoms with van der Waals surface area (Å²) in [7, 11) is 1.72. The Morgan fingerprint density at radius 2 is 1.96 bits per heavy atom. The van der Waals surface area contributed by atoms with Gasteiger partial charge in [0.05, 0.1) is 17.9 Å². The van der Waals surface area contributed by atoms with E-state index >= 15 is 0 Å². The molecular weight excluding hydrogens is 342 g/mol. The number of hydrogen-bond acceptors (Lipinski definition) is 6. The lowest BCUT2D eigenvalue weighted by Crippen LogP contribution is -2.25. The van der Waals surface area contributed by atoms with Gasteiger partial charge in [-0.05, 0) is 26.0 Å². The molecule has 4 heterocycles. The summed E-state index contributed by atoms with van der Waals surface area (Å²) in [4.78, 5) is 14.6. The largest absolute Gasteiger partial charge is 0.333 e. The lowest BCUT2D eigenvalue weighted by atomic mass is 10.3. The minimum absolute atomic E-state index is 0.172. The fraction of sp³-hybridized carbons (Fsp3) is 0.438. The molecule has 0 bridgehead atoms. The number of alkyl halides is 2. The number of rotatable bonds is 3. The standard InChI is InChI=1S/C16H18F2N8/c1-10-8-19-11(2)14-20-12(22-26(10)14)4-5-13-21-15(23-24(13)3)25-7-6-16(17,18)9-25/h4-5,8H,6-7,9H2,1-3H3. The van der Waals surface area contributed by atoms with Crippen LogP contribution in [0.15, 0.2) is 6.20 Å². The van der Waals surface area contributed by atoms with Crippen molar-refractivity contribution in [3.05, 3.63) is 29.2 Å². The Kier molecular flexibility index (Phi) is 3.70. The van der Waals surface area contributed by atoms with Crippen LogP contribution in [0.5, 0.6) is 0 Å². The molecule has 26 heavy (non-hydrogen) atoms. The molecule has 0 aliphatic carbocycles. The van der Waals surface area contributed by atoms with E-state index in [1.165, 1.54) is 4.90 Å². The number of fused-ring (bicyclic) bond motifs is 1. The SMILES string of the molecule is Cc1ncc(C)n2nc(C=Cc3nc(N4CCC(F)(F)C4)nn3C)nc12. The Hall–Kier alpha value is -2.91. The van der Waals surface area contributed by atoms with Crippen LogP contribution in [0.1, 0.15) is 29.5 Å². The maximum Gasteiger partial charge on any atom is 0.267 e. The van der Waals surface area contributed by atoms with Gasteiger partial charge in [0.1, 0.15) is 0 Å². The summed E-state index contributed by atoms with van der Waals surface area (Å²) in [6, 6.07) is 0. The Labute approximate surface area is 148 Å². The van der Waals surface area contributed by atoms with Crippen molar-refractivity contribution in [1.82, 2.24) is 34.3 Å². The Balaban J connectivity index is 1.60. The van der Waals surface area contributed by atoms with Crippen molar-refractivity contribution in [2.45, 2.75) is 26.2 Å². The van der Waals surface area contributed by atoms with Crippen LogP contribution < -0.4 is 4.90 Å². The van der Waals surface area contributed by atoms with E-state index < -0.39 is 5.92 Å². The zero-order chi connectivity index (χ0) is 18.5. The Morgan fingerprint density at radius 3 is 2.65 bits per heavy atom. The van der Waals surface area contributed by atoms with Crippen molar-refractivity contribution in [2.75, 3.05) is 18.0 Å². The fourth-order valence-corrected chi connectivity index (χ4v) is 2.90. The summed E-state index contributed by atoms with van der Waals surface area (Å²) >= 11 is 0. The molecule has 10 heteroatoms. The number of aryl methyl sites for hydroxylation is 3. The third-order valence-electron chi connectivity index (χ3n) is 4.35. The van der Waals surface area contributed by atoms with E-state index in [0.717, 1.165) is 11.4 Å². The third kappa shape index (κ3) is 2.91. The van der Waals surface area contributed by atoms with E-state index in [4.69, 9.17) is 0 Å². The number of aromatic nitrogens is 7. The van der Waals surface area contributed by atoms with E-state index in [1.807, 2.05) is 13.8 Å². The van der Waals surface area contributed by atoms with Gasteiger partial charge in [-0.3, -0.25) is 4.98 Å². The highest BCUT2D eigenvalue weighted by Gasteiger charge is 2.39. The number of halogens is 2. The maximum atomic E-state index is 13.4. The number of nitrogens with zero attached hydrogens (tertiary/aromatic N) is 8. The molecule has 4 rings (SSSR count). The summed E-state index contributed by atoms with van der Waals surface area (Å²) in [5.41, 5.74) is 2.37. The van der Waals surface area contributed by atoms with Crippen molar-refractivity contribution < 1.29 is 8.78 Å². The first-order valence-electron chi connectivity index (χ1n) is 8.23. The molecule has 1 saturated heterocycles. The molecule has 1 fully saturated rings. The summed E-state index contributed by atoms with van der Waals surface area (Å²) in [5, 5.41) is 8.67. The molecule has 0 amide bonds. The smallest absolute Gasteiger partial charge is 0.267 e. The molecule has 0 atom stereocenters. The van der Waals surface area contributed by atoms with Crippen LogP contribution >= 0.6 is 0 Å². The predicted octanol–water partition coefficient (Wildman–Crippen LogP) is 1.89. The van der Waals surface area contributed by atoms with Crippen molar-refractivity contribution in [1.29, 1.82) is 0 Å². The molecule has 0 spiro atoms. The third-order valence-corrected chi connectivity index (χ3v) is 4.35. The van der Waals surface area contributed by atoms with E-state index in [9.17, 15) is 8.78 Å². The van der Waals surface area contributed by atoms with Gasteiger partial charge in [-0.15, -0.1) is 10.2 Å². The predicted molar refractivity (Wildman–Crippen MR) is 92.0 cm³/mol. The van der Waals surface area contributed by atoms with Gasteiger partial charge in [-0.25, -0.2) is 23.0 Å². The zero-order valence-corrected chi connectivity index (χ0v) is 14.7. The van der Waals surface area contributed by atoms with Crippen molar-refractivity contribution in [3.63, 3.8) is 0 Å². The first-order chi connectivity index (χ1) is 12.3. The number of hydrogen-bond donors (Lipinski definition) is 0. The average molecular weight is 360 g/mol. The average Bonchev–Trinajstić information content (AvgIpc) is 3.26. The van der Waals surface area contributed by atoms with Crippen molar-refractivity contribution in [3.8, 4) is 0 Å². The molecule has 0 N–H and O–H groups in total. The summed E-state index contributed by atoms with van der Waals surface area (Å²) in [6.07, 6.45) is 5.01. The highest BCUT2D eigenvalue weighted by Crippen LogP contribution is 2.29. The molecule has 8 nitrogen and oxygen atoms in total. The molecule has 0 radical (unpaired) electrons. The maximum absolute atomic E-state index is 13.4. The molecule has 1 aliphatic heterocycles. The van der Waals surface area contributed by atoms with Crippen molar-refractivity contribution >= 4 is 23.7 Å².